The summed E-state index contributed by atoms with van der Waals surface area (Å²) >= 11 is 1.46. The maximum atomic E-state index is 12.9. The van der Waals surface area contributed by atoms with Gasteiger partial charge in [0, 0.05) is 10.3 Å². The van der Waals surface area contributed by atoms with E-state index in [9.17, 15) is 9.59 Å². The quantitative estimate of drug-likeness (QED) is 0.496. The van der Waals surface area contributed by atoms with Crippen LogP contribution in [0.2, 0.25) is 0 Å². The predicted molar refractivity (Wildman–Crippen MR) is 114 cm³/mol. The van der Waals surface area contributed by atoms with Crippen LogP contribution in [0, 0.1) is 13.8 Å². The molecule has 6 nitrogen and oxygen atoms in total. The Bertz CT molecular complexity index is 1310. The van der Waals surface area contributed by atoms with Crippen molar-refractivity contribution in [1.29, 1.82) is 0 Å². The Balaban J connectivity index is 1.68. The molecule has 0 amide bonds. The van der Waals surface area contributed by atoms with E-state index >= 15 is 0 Å². The topological polar surface area (TPSA) is 81.3 Å². The van der Waals surface area contributed by atoms with E-state index in [0.717, 1.165) is 21.2 Å². The third-order valence-corrected chi connectivity index (χ3v) is 6.15. The standard InChI is InChI=1S/C22H20N2O4S/c1-11-13(3)29-21-18(11)20(25)23-19(24-21)12(2)28-22(26)16-9-10-17(27-4)15-8-6-5-7-14(15)16/h5-10,12H,1-4H3,(H,23,24,25)/t12-/m0/s1. The van der Waals surface area contributed by atoms with Gasteiger partial charge in [0.2, 0.25) is 0 Å². The number of thiophene rings is 1. The molecule has 1 N–H and O–H groups in total. The van der Waals surface area contributed by atoms with Gasteiger partial charge in [0.1, 0.15) is 10.6 Å². The van der Waals surface area contributed by atoms with Crippen molar-refractivity contribution in [3.63, 3.8) is 0 Å². The molecule has 0 aliphatic heterocycles. The van der Waals surface area contributed by atoms with E-state index in [1.54, 1.807) is 26.2 Å². The number of benzene rings is 2. The van der Waals surface area contributed by atoms with E-state index in [1.165, 1.54) is 11.3 Å². The number of H-pyrrole nitrogens is 1. The van der Waals surface area contributed by atoms with Crippen LogP contribution in [0.25, 0.3) is 21.0 Å². The summed E-state index contributed by atoms with van der Waals surface area (Å²) in [5.74, 6) is 0.526. The molecule has 29 heavy (non-hydrogen) atoms. The van der Waals surface area contributed by atoms with Gasteiger partial charge in [-0.15, -0.1) is 11.3 Å². The highest BCUT2D eigenvalue weighted by Gasteiger charge is 2.21. The molecule has 0 saturated carbocycles. The number of aromatic amines is 1. The van der Waals surface area contributed by atoms with E-state index in [0.29, 0.717) is 27.4 Å². The maximum Gasteiger partial charge on any atom is 0.339 e. The van der Waals surface area contributed by atoms with Gasteiger partial charge < -0.3 is 14.5 Å². The van der Waals surface area contributed by atoms with Crippen molar-refractivity contribution in [2.24, 2.45) is 0 Å². The average molecular weight is 408 g/mol. The van der Waals surface area contributed by atoms with Gasteiger partial charge in [-0.1, -0.05) is 24.3 Å². The van der Waals surface area contributed by atoms with Gasteiger partial charge >= 0.3 is 5.97 Å². The minimum atomic E-state index is -0.705. The molecule has 0 bridgehead atoms. The third kappa shape index (κ3) is 3.27. The molecule has 4 aromatic rings. The maximum absolute atomic E-state index is 12.9. The highest BCUT2D eigenvalue weighted by molar-refractivity contribution is 7.18. The highest BCUT2D eigenvalue weighted by atomic mass is 32.1. The third-order valence-electron chi connectivity index (χ3n) is 5.05. The van der Waals surface area contributed by atoms with Crippen LogP contribution in [0.4, 0.5) is 0 Å². The second-order valence-electron chi connectivity index (χ2n) is 6.82. The molecule has 1 atom stereocenters. The SMILES string of the molecule is COc1ccc(C(=O)O[C@@H](C)c2nc3sc(C)c(C)c3c(=O)[nH]2)c2ccccc12. The van der Waals surface area contributed by atoms with E-state index < -0.39 is 12.1 Å². The largest absolute Gasteiger partial charge is 0.496 e. The summed E-state index contributed by atoms with van der Waals surface area (Å²) in [6.07, 6.45) is -0.705. The summed E-state index contributed by atoms with van der Waals surface area (Å²) < 4.78 is 11.0. The molecule has 0 spiro atoms. The number of aromatic nitrogens is 2. The zero-order valence-electron chi connectivity index (χ0n) is 16.5. The molecule has 2 aromatic heterocycles. The number of fused-ring (bicyclic) bond motifs is 2. The van der Waals surface area contributed by atoms with Gasteiger partial charge in [0.15, 0.2) is 11.9 Å². The lowest BCUT2D eigenvalue weighted by atomic mass is 10.0. The van der Waals surface area contributed by atoms with E-state index in [1.807, 2.05) is 38.1 Å². The fourth-order valence-corrected chi connectivity index (χ4v) is 4.41. The first-order valence-electron chi connectivity index (χ1n) is 9.17. The second-order valence-corrected chi connectivity index (χ2v) is 8.03. The first kappa shape index (κ1) is 19.1. The highest BCUT2D eigenvalue weighted by Crippen LogP contribution is 2.30. The van der Waals surface area contributed by atoms with Crippen molar-refractivity contribution < 1.29 is 14.3 Å². The van der Waals surface area contributed by atoms with Crippen LogP contribution in [0.5, 0.6) is 5.75 Å². The Hall–Kier alpha value is -3.19. The van der Waals surface area contributed by atoms with Crippen LogP contribution < -0.4 is 10.3 Å². The summed E-state index contributed by atoms with van der Waals surface area (Å²) in [5.41, 5.74) is 1.14. The van der Waals surface area contributed by atoms with Gasteiger partial charge in [0.05, 0.1) is 18.1 Å². The summed E-state index contributed by atoms with van der Waals surface area (Å²) in [6, 6.07) is 10.9. The van der Waals surface area contributed by atoms with Crippen LogP contribution in [-0.2, 0) is 4.74 Å². The zero-order valence-corrected chi connectivity index (χ0v) is 17.3. The number of aryl methyl sites for hydroxylation is 2. The Kier molecular flexibility index (Phi) is 4.84. The lowest BCUT2D eigenvalue weighted by molar-refractivity contribution is 0.0322. The lowest BCUT2D eigenvalue weighted by Crippen LogP contribution is -2.17. The number of carbonyl (C=O) groups excluding carboxylic acids is 1. The van der Waals surface area contributed by atoms with Crippen molar-refractivity contribution in [2.45, 2.75) is 26.9 Å². The van der Waals surface area contributed by atoms with Crippen molar-refractivity contribution >= 4 is 38.3 Å². The minimum absolute atomic E-state index is 0.218. The van der Waals surface area contributed by atoms with Crippen LogP contribution in [0.3, 0.4) is 0 Å². The molecule has 0 radical (unpaired) electrons. The fraction of sp³-hybridized carbons (Fsp3) is 0.227. The number of methoxy groups -OCH3 is 1. The van der Waals surface area contributed by atoms with E-state index in [4.69, 9.17) is 9.47 Å². The molecule has 0 saturated heterocycles. The lowest BCUT2D eigenvalue weighted by Gasteiger charge is -2.14. The van der Waals surface area contributed by atoms with Crippen LogP contribution in [0.1, 0.15) is 39.7 Å². The average Bonchev–Trinajstić information content (AvgIpc) is 3.01. The minimum Gasteiger partial charge on any atom is -0.496 e. The predicted octanol–water partition coefficient (Wildman–Crippen LogP) is 4.68. The number of nitrogens with zero attached hydrogens (tertiary/aromatic N) is 1. The Labute approximate surface area is 171 Å². The smallest absolute Gasteiger partial charge is 0.339 e. The van der Waals surface area contributed by atoms with E-state index in [2.05, 4.69) is 9.97 Å². The van der Waals surface area contributed by atoms with Crippen LogP contribution in [0.15, 0.2) is 41.2 Å². The molecule has 0 aliphatic carbocycles. The van der Waals surface area contributed by atoms with Crippen molar-refractivity contribution in [3.8, 4) is 5.75 Å². The summed E-state index contributed by atoms with van der Waals surface area (Å²) in [7, 11) is 1.59. The number of ether oxygens (including phenoxy) is 2. The van der Waals surface area contributed by atoms with Crippen LogP contribution >= 0.6 is 11.3 Å². The molecule has 148 valence electrons. The summed E-state index contributed by atoms with van der Waals surface area (Å²) in [5, 5.41) is 2.16. The number of hydrogen-bond donors (Lipinski definition) is 1. The van der Waals surface area contributed by atoms with Crippen molar-refractivity contribution in [3.05, 3.63) is 68.6 Å². The fourth-order valence-electron chi connectivity index (χ4n) is 3.37. The molecular formula is C22H20N2O4S. The molecule has 0 fully saturated rings. The van der Waals surface area contributed by atoms with Gasteiger partial charge in [-0.3, -0.25) is 4.79 Å². The molecular weight excluding hydrogens is 388 g/mol. The zero-order chi connectivity index (χ0) is 20.7. The number of carbonyl (C=O) groups is 1. The van der Waals surface area contributed by atoms with E-state index in [-0.39, 0.29) is 5.56 Å². The molecule has 0 aliphatic rings. The summed E-state index contributed by atoms with van der Waals surface area (Å²) in [4.78, 5) is 34.3. The number of rotatable bonds is 4. The first-order valence-corrected chi connectivity index (χ1v) is 9.99. The second kappa shape index (κ2) is 7.33. The Morgan fingerprint density at radius 2 is 1.86 bits per heavy atom. The number of hydrogen-bond acceptors (Lipinski definition) is 6. The number of esters is 1. The van der Waals surface area contributed by atoms with Crippen molar-refractivity contribution in [2.75, 3.05) is 7.11 Å². The van der Waals surface area contributed by atoms with Gasteiger partial charge in [-0.2, -0.15) is 0 Å². The van der Waals surface area contributed by atoms with Crippen LogP contribution in [-0.4, -0.2) is 23.0 Å². The molecule has 2 heterocycles. The Morgan fingerprint density at radius 3 is 2.59 bits per heavy atom. The van der Waals surface area contributed by atoms with Gasteiger partial charge in [0.25, 0.3) is 5.56 Å². The molecule has 7 heteroatoms. The molecule has 2 aromatic carbocycles. The van der Waals surface area contributed by atoms with Gasteiger partial charge in [-0.05, 0) is 43.9 Å². The van der Waals surface area contributed by atoms with Gasteiger partial charge in [-0.25, -0.2) is 9.78 Å². The molecule has 0 unspecified atom stereocenters. The normalized spacial score (nSPS) is 12.3. The number of nitrogens with one attached hydrogen (secondary N) is 1. The monoisotopic (exact) mass is 408 g/mol. The molecule has 4 rings (SSSR count). The van der Waals surface area contributed by atoms with Crippen molar-refractivity contribution in [1.82, 2.24) is 9.97 Å². The summed E-state index contributed by atoms with van der Waals surface area (Å²) in [6.45, 7) is 5.56. The Morgan fingerprint density at radius 1 is 1.14 bits per heavy atom. The first-order chi connectivity index (χ1) is 13.9.